The Bertz CT molecular complexity index is 1110. The number of anilines is 2. The maximum absolute atomic E-state index is 12.5. The summed E-state index contributed by atoms with van der Waals surface area (Å²) in [5.41, 5.74) is 1.22. The molecule has 11 heteroatoms. The summed E-state index contributed by atoms with van der Waals surface area (Å²) < 4.78 is 0. The molecule has 0 bridgehead atoms. The lowest BCUT2D eigenvalue weighted by atomic mass is 10.1. The summed E-state index contributed by atoms with van der Waals surface area (Å²) in [6.45, 7) is 0. The van der Waals surface area contributed by atoms with E-state index in [4.69, 9.17) is 0 Å². The molecular weight excluding hydrogens is 476 g/mol. The zero-order valence-corrected chi connectivity index (χ0v) is 20.3. The largest absolute Gasteiger partial charge is 0.300 e. The molecule has 0 aliphatic heterocycles. The Labute approximate surface area is 204 Å². The highest BCUT2D eigenvalue weighted by Gasteiger charge is 2.44. The minimum atomic E-state index is 0.0261. The van der Waals surface area contributed by atoms with Crippen molar-refractivity contribution in [3.8, 4) is 0 Å². The SMILES string of the molecule is O=C(Nc1nnc(CCSCCc2nnc(NC(=O)C3CC3c3ccccc3)s2)s1)C1CC1. The van der Waals surface area contributed by atoms with Gasteiger partial charge in [0, 0.05) is 24.7 Å². The van der Waals surface area contributed by atoms with Crippen LogP contribution in [0.25, 0.3) is 0 Å². The maximum atomic E-state index is 12.5. The standard InChI is InChI=1S/C22H24N6O2S3/c29-19(14-6-7-14)23-21-27-25-17(32-21)8-10-31-11-9-18-26-28-22(33-18)24-20(30)16-12-15(16)13-4-2-1-3-5-13/h1-5,14-16H,6-12H2,(H,23,27,29)(H,24,28,30). The molecule has 2 aliphatic carbocycles. The quantitative estimate of drug-likeness (QED) is 0.383. The van der Waals surface area contributed by atoms with Crippen molar-refractivity contribution in [1.29, 1.82) is 0 Å². The third kappa shape index (κ3) is 6.15. The molecule has 0 spiro atoms. The Hall–Kier alpha value is -2.37. The highest BCUT2D eigenvalue weighted by atomic mass is 32.2. The van der Waals surface area contributed by atoms with Gasteiger partial charge in [0.25, 0.3) is 0 Å². The predicted molar refractivity (Wildman–Crippen MR) is 132 cm³/mol. The van der Waals surface area contributed by atoms with Crippen LogP contribution in [-0.2, 0) is 22.4 Å². The van der Waals surface area contributed by atoms with E-state index in [9.17, 15) is 9.59 Å². The molecule has 2 saturated carbocycles. The van der Waals surface area contributed by atoms with E-state index in [2.05, 4.69) is 43.2 Å². The number of rotatable bonds is 11. The van der Waals surface area contributed by atoms with Gasteiger partial charge in [0.2, 0.25) is 22.1 Å². The van der Waals surface area contributed by atoms with Gasteiger partial charge >= 0.3 is 0 Å². The van der Waals surface area contributed by atoms with Gasteiger partial charge in [0.05, 0.1) is 0 Å². The van der Waals surface area contributed by atoms with Crippen molar-refractivity contribution in [2.75, 3.05) is 22.1 Å². The topological polar surface area (TPSA) is 110 Å². The van der Waals surface area contributed by atoms with Gasteiger partial charge in [0.1, 0.15) is 10.0 Å². The summed E-state index contributed by atoms with van der Waals surface area (Å²) in [5.74, 6) is 2.45. The molecule has 8 nitrogen and oxygen atoms in total. The first kappa shape index (κ1) is 22.4. The predicted octanol–water partition coefficient (Wildman–Crippen LogP) is 4.00. The molecule has 2 atom stereocenters. The van der Waals surface area contributed by atoms with E-state index in [1.807, 2.05) is 30.0 Å². The van der Waals surface area contributed by atoms with Crippen LogP contribution in [0.3, 0.4) is 0 Å². The van der Waals surface area contributed by atoms with Gasteiger partial charge in [-0.05, 0) is 42.2 Å². The third-order valence-electron chi connectivity index (χ3n) is 5.62. The molecule has 1 aromatic carbocycles. The Kier molecular flexibility index (Phi) is 6.98. The van der Waals surface area contributed by atoms with Gasteiger partial charge in [-0.1, -0.05) is 53.0 Å². The molecule has 172 valence electrons. The number of benzene rings is 1. The average molecular weight is 501 g/mol. The molecule has 2 N–H and O–H groups in total. The molecule has 0 radical (unpaired) electrons. The van der Waals surface area contributed by atoms with Gasteiger partial charge < -0.3 is 10.6 Å². The van der Waals surface area contributed by atoms with Crippen LogP contribution in [-0.4, -0.2) is 43.7 Å². The number of hydrogen-bond acceptors (Lipinski definition) is 9. The van der Waals surface area contributed by atoms with Gasteiger partial charge in [-0.2, -0.15) is 11.8 Å². The fourth-order valence-electron chi connectivity index (χ4n) is 3.54. The molecule has 33 heavy (non-hydrogen) atoms. The summed E-state index contributed by atoms with van der Waals surface area (Å²) in [5, 5.41) is 25.4. The van der Waals surface area contributed by atoms with E-state index in [0.717, 1.165) is 53.6 Å². The number of nitrogens with zero attached hydrogens (tertiary/aromatic N) is 4. The van der Waals surface area contributed by atoms with Gasteiger partial charge in [-0.15, -0.1) is 20.4 Å². The molecule has 2 aliphatic rings. The zero-order chi connectivity index (χ0) is 22.6. The van der Waals surface area contributed by atoms with Crippen LogP contribution in [0.15, 0.2) is 30.3 Å². The van der Waals surface area contributed by atoms with Crippen LogP contribution in [0, 0.1) is 11.8 Å². The number of aromatic nitrogens is 4. The van der Waals surface area contributed by atoms with E-state index in [1.165, 1.54) is 28.2 Å². The highest BCUT2D eigenvalue weighted by Crippen LogP contribution is 2.47. The number of nitrogens with one attached hydrogen (secondary N) is 2. The number of carbonyl (C=O) groups is 2. The third-order valence-corrected chi connectivity index (χ3v) is 8.40. The van der Waals surface area contributed by atoms with E-state index >= 15 is 0 Å². The summed E-state index contributed by atoms with van der Waals surface area (Å²) in [7, 11) is 0. The summed E-state index contributed by atoms with van der Waals surface area (Å²) in [6, 6.07) is 10.2. The lowest BCUT2D eigenvalue weighted by Crippen LogP contribution is -2.14. The van der Waals surface area contributed by atoms with E-state index in [0.29, 0.717) is 16.2 Å². The first-order valence-corrected chi connectivity index (χ1v) is 13.8. The number of hydrogen-bond donors (Lipinski definition) is 2. The Morgan fingerprint density at radius 2 is 1.48 bits per heavy atom. The fourth-order valence-corrected chi connectivity index (χ4v) is 6.16. The molecule has 2 unspecified atom stereocenters. The molecule has 2 amide bonds. The van der Waals surface area contributed by atoms with E-state index < -0.39 is 0 Å². The Morgan fingerprint density at radius 3 is 2.09 bits per heavy atom. The maximum Gasteiger partial charge on any atom is 0.229 e. The molecule has 2 fully saturated rings. The average Bonchev–Trinajstić information content (AvgIpc) is 3.74. The monoisotopic (exact) mass is 500 g/mol. The summed E-state index contributed by atoms with van der Waals surface area (Å²) in [4.78, 5) is 24.3. The number of aryl methyl sites for hydroxylation is 2. The zero-order valence-electron chi connectivity index (χ0n) is 17.9. The fraction of sp³-hybridized carbons (Fsp3) is 0.455. The van der Waals surface area contributed by atoms with Crippen LogP contribution in [0.2, 0.25) is 0 Å². The first-order chi connectivity index (χ1) is 16.2. The van der Waals surface area contributed by atoms with E-state index in [1.54, 1.807) is 0 Å². The van der Waals surface area contributed by atoms with Crippen LogP contribution in [0.4, 0.5) is 10.3 Å². The minimum absolute atomic E-state index is 0.0261. The molecule has 3 aromatic rings. The van der Waals surface area contributed by atoms with Crippen LogP contribution >= 0.6 is 34.4 Å². The highest BCUT2D eigenvalue weighted by molar-refractivity contribution is 7.99. The van der Waals surface area contributed by atoms with Crippen LogP contribution in [0.1, 0.15) is 40.8 Å². The molecule has 5 rings (SSSR count). The van der Waals surface area contributed by atoms with Gasteiger partial charge in [0.15, 0.2) is 0 Å². The Balaban J connectivity index is 0.985. The normalized spacial score (nSPS) is 19.3. The van der Waals surface area contributed by atoms with Crippen LogP contribution < -0.4 is 10.6 Å². The second-order valence-electron chi connectivity index (χ2n) is 8.23. The minimum Gasteiger partial charge on any atom is -0.300 e. The van der Waals surface area contributed by atoms with Gasteiger partial charge in [-0.25, -0.2) is 0 Å². The van der Waals surface area contributed by atoms with Crippen molar-refractivity contribution < 1.29 is 9.59 Å². The number of amides is 2. The lowest BCUT2D eigenvalue weighted by molar-refractivity contribution is -0.118. The first-order valence-electron chi connectivity index (χ1n) is 11.0. The molecule has 2 aromatic heterocycles. The second-order valence-corrected chi connectivity index (χ2v) is 11.6. The molecular formula is C22H24N6O2S3. The van der Waals surface area contributed by atoms with Gasteiger partial charge in [-0.3, -0.25) is 9.59 Å². The summed E-state index contributed by atoms with van der Waals surface area (Å²) in [6.07, 6.45) is 4.48. The van der Waals surface area contributed by atoms with Crippen molar-refractivity contribution >= 4 is 56.5 Å². The van der Waals surface area contributed by atoms with E-state index in [-0.39, 0.29) is 23.7 Å². The van der Waals surface area contributed by atoms with Crippen LogP contribution in [0.5, 0.6) is 0 Å². The molecule has 2 heterocycles. The lowest BCUT2D eigenvalue weighted by Gasteiger charge is -2.01. The number of thioether (sulfide) groups is 1. The van der Waals surface area contributed by atoms with Crippen molar-refractivity contribution in [3.63, 3.8) is 0 Å². The van der Waals surface area contributed by atoms with Crippen molar-refractivity contribution in [1.82, 2.24) is 20.4 Å². The summed E-state index contributed by atoms with van der Waals surface area (Å²) >= 11 is 4.71. The van der Waals surface area contributed by atoms with Crippen molar-refractivity contribution in [2.45, 2.75) is 38.0 Å². The van der Waals surface area contributed by atoms with Crippen molar-refractivity contribution in [2.24, 2.45) is 11.8 Å². The Morgan fingerprint density at radius 1 is 0.879 bits per heavy atom. The number of carbonyl (C=O) groups excluding carboxylic acids is 2. The second kappa shape index (κ2) is 10.3. The smallest absolute Gasteiger partial charge is 0.229 e. The molecule has 0 saturated heterocycles. The van der Waals surface area contributed by atoms with Crippen molar-refractivity contribution in [3.05, 3.63) is 45.9 Å².